The number of nitrogens with zero attached hydrogens (tertiary/aromatic N) is 6. The Morgan fingerprint density at radius 3 is 2.33 bits per heavy atom. The van der Waals surface area contributed by atoms with Crippen LogP contribution in [0.25, 0.3) is 27.8 Å². The van der Waals surface area contributed by atoms with Crippen LogP contribution in [0.2, 0.25) is 0 Å². The summed E-state index contributed by atoms with van der Waals surface area (Å²) in [5.74, 6) is -3.79. The maximum Gasteiger partial charge on any atom is 0.337 e. The fourth-order valence-electron chi connectivity index (χ4n) is 6.46. The number of pyridine rings is 2. The van der Waals surface area contributed by atoms with Crippen molar-refractivity contribution in [2.75, 3.05) is 25.0 Å². The van der Waals surface area contributed by atoms with Crippen LogP contribution in [-0.2, 0) is 37.8 Å². The smallest absolute Gasteiger partial charge is 0.337 e. The molecule has 1 aliphatic rings. The lowest BCUT2D eigenvalue weighted by Gasteiger charge is -2.20. The molecule has 5 heterocycles. The number of carbonyl (C=O) groups excluding carboxylic acids is 2. The molecular weight excluding hydrogens is 779 g/mol. The number of nitrogens with one attached hydrogen (secondary N) is 2. The van der Waals surface area contributed by atoms with Crippen LogP contribution >= 0.6 is 0 Å². The molecule has 298 valence electrons. The van der Waals surface area contributed by atoms with Crippen LogP contribution in [0.3, 0.4) is 0 Å². The molecule has 7 rings (SSSR count). The molecule has 19 heteroatoms. The Kier molecular flexibility index (Phi) is 11.2. The molecule has 2 N–H and O–H groups in total. The topological polar surface area (TPSA) is 206 Å². The second-order valence-electron chi connectivity index (χ2n) is 13.3. The highest BCUT2D eigenvalue weighted by molar-refractivity contribution is 7.92. The number of aromatic nitrogens is 6. The summed E-state index contributed by atoms with van der Waals surface area (Å²) in [4.78, 5) is 68.9. The van der Waals surface area contributed by atoms with E-state index in [1.54, 1.807) is 12.4 Å². The number of benzene rings is 2. The third-order valence-corrected chi connectivity index (χ3v) is 11.0. The van der Waals surface area contributed by atoms with Crippen molar-refractivity contribution < 1.29 is 36.3 Å². The zero-order valence-electron chi connectivity index (χ0n) is 30.9. The van der Waals surface area contributed by atoms with Gasteiger partial charge >= 0.3 is 11.7 Å². The van der Waals surface area contributed by atoms with Gasteiger partial charge in [-0.1, -0.05) is 18.2 Å². The summed E-state index contributed by atoms with van der Waals surface area (Å²) in [5.41, 5.74) is -0.923. The Morgan fingerprint density at radius 1 is 0.931 bits per heavy atom. The number of ether oxygens (including phenoxy) is 2. The van der Waals surface area contributed by atoms with Crippen molar-refractivity contribution in [1.29, 1.82) is 0 Å². The van der Waals surface area contributed by atoms with Gasteiger partial charge in [-0.2, -0.15) is 0 Å². The molecule has 0 spiro atoms. The van der Waals surface area contributed by atoms with Crippen LogP contribution in [0.4, 0.5) is 14.5 Å². The average Bonchev–Trinajstić information content (AvgIpc) is 3.24. The lowest BCUT2D eigenvalue weighted by molar-refractivity contribution is -0.142. The third-order valence-electron chi connectivity index (χ3n) is 9.64. The van der Waals surface area contributed by atoms with Crippen LogP contribution in [-0.4, -0.2) is 75.7 Å². The molecule has 0 aliphatic carbocycles. The Hall–Kier alpha value is -6.73. The predicted molar refractivity (Wildman–Crippen MR) is 205 cm³/mol. The van der Waals surface area contributed by atoms with Crippen molar-refractivity contribution in [2.45, 2.75) is 36.1 Å². The predicted octanol–water partition coefficient (Wildman–Crippen LogP) is 3.42. The number of rotatable bonds is 11. The summed E-state index contributed by atoms with van der Waals surface area (Å²) in [6.45, 7) is 1.30. The van der Waals surface area contributed by atoms with Crippen LogP contribution in [0.5, 0.6) is 0 Å². The molecule has 0 bridgehead atoms. The molecule has 0 unspecified atom stereocenters. The van der Waals surface area contributed by atoms with Crippen molar-refractivity contribution in [3.8, 4) is 16.9 Å². The Labute approximate surface area is 328 Å². The molecule has 1 aliphatic heterocycles. The number of anilines is 1. The van der Waals surface area contributed by atoms with Gasteiger partial charge in [0.25, 0.3) is 21.5 Å². The maximum atomic E-state index is 15.3. The number of sulfonamides is 1. The van der Waals surface area contributed by atoms with Crippen LogP contribution in [0, 0.1) is 11.6 Å². The van der Waals surface area contributed by atoms with E-state index in [-0.39, 0.29) is 28.4 Å². The van der Waals surface area contributed by atoms with Crippen molar-refractivity contribution in [3.05, 3.63) is 135 Å². The highest BCUT2D eigenvalue weighted by Gasteiger charge is 2.27. The van der Waals surface area contributed by atoms with Crippen LogP contribution < -0.4 is 21.3 Å². The lowest BCUT2D eigenvalue weighted by atomic mass is 9.99. The molecule has 1 fully saturated rings. The van der Waals surface area contributed by atoms with E-state index >= 15 is 8.78 Å². The number of halogens is 2. The Morgan fingerprint density at radius 2 is 1.66 bits per heavy atom. The van der Waals surface area contributed by atoms with Gasteiger partial charge in [-0.15, -0.1) is 0 Å². The number of esters is 1. The molecule has 58 heavy (non-hydrogen) atoms. The first-order valence-corrected chi connectivity index (χ1v) is 19.2. The van der Waals surface area contributed by atoms with E-state index in [1.807, 2.05) is 4.72 Å². The van der Waals surface area contributed by atoms with Gasteiger partial charge in [-0.3, -0.25) is 23.9 Å². The quantitative estimate of drug-likeness (QED) is 0.181. The van der Waals surface area contributed by atoms with Gasteiger partial charge < -0.3 is 14.8 Å². The molecule has 1 atom stereocenters. The summed E-state index contributed by atoms with van der Waals surface area (Å²) in [6, 6.07) is 9.52. The zero-order valence-corrected chi connectivity index (χ0v) is 31.7. The highest BCUT2D eigenvalue weighted by atomic mass is 32.2. The van der Waals surface area contributed by atoms with Crippen molar-refractivity contribution in [2.24, 2.45) is 7.05 Å². The largest absolute Gasteiger partial charge is 0.467 e. The SMILES string of the molecule is COC(=O)[C@H](Cc1ccc(-n2c(=O)c3ccncc3n(C)c2=O)nc1)NC(=O)c1cc(F)c(NS(=O)(=O)c2ccc(-c3cnc(C4CCOCC4)nc3)cc2)cc1F. The second kappa shape index (κ2) is 16.4. The van der Waals surface area contributed by atoms with E-state index in [4.69, 9.17) is 9.47 Å². The summed E-state index contributed by atoms with van der Waals surface area (Å²) in [7, 11) is -1.88. The molecule has 2 aromatic carbocycles. The van der Waals surface area contributed by atoms with Gasteiger partial charge in [0.2, 0.25) is 0 Å². The van der Waals surface area contributed by atoms with Gasteiger partial charge in [0.1, 0.15) is 29.3 Å². The number of methoxy groups -OCH3 is 1. The maximum absolute atomic E-state index is 15.3. The minimum atomic E-state index is -4.42. The number of hydrogen-bond donors (Lipinski definition) is 2. The van der Waals surface area contributed by atoms with E-state index in [2.05, 4.69) is 25.3 Å². The van der Waals surface area contributed by atoms with Gasteiger partial charge in [0.05, 0.1) is 40.4 Å². The van der Waals surface area contributed by atoms with Crippen molar-refractivity contribution in [3.63, 3.8) is 0 Å². The minimum Gasteiger partial charge on any atom is -0.467 e. The minimum absolute atomic E-state index is 0.0148. The van der Waals surface area contributed by atoms with E-state index in [0.29, 0.717) is 53.4 Å². The molecule has 1 amide bonds. The van der Waals surface area contributed by atoms with E-state index in [1.165, 1.54) is 72.7 Å². The Balaban J connectivity index is 1.03. The summed E-state index contributed by atoms with van der Waals surface area (Å²) in [6.07, 6.45) is 8.80. The van der Waals surface area contributed by atoms with E-state index < -0.39 is 62.1 Å². The van der Waals surface area contributed by atoms with Gasteiger partial charge in [-0.05, 0) is 54.3 Å². The van der Waals surface area contributed by atoms with Crippen LogP contribution in [0.1, 0.15) is 40.5 Å². The van der Waals surface area contributed by atoms with E-state index in [9.17, 15) is 27.6 Å². The zero-order chi connectivity index (χ0) is 41.1. The fraction of sp³-hybridized carbons (Fsp3) is 0.231. The monoisotopic (exact) mass is 812 g/mol. The van der Waals surface area contributed by atoms with Crippen molar-refractivity contribution >= 4 is 38.5 Å². The Bertz CT molecular complexity index is 2760. The molecule has 0 saturated carbocycles. The molecule has 6 aromatic rings. The first kappa shape index (κ1) is 39.5. The van der Waals surface area contributed by atoms with Gasteiger partial charge in [-0.25, -0.2) is 46.3 Å². The van der Waals surface area contributed by atoms with Gasteiger partial charge in [0.15, 0.2) is 0 Å². The normalized spacial score (nSPS) is 13.9. The van der Waals surface area contributed by atoms with Crippen molar-refractivity contribution in [1.82, 2.24) is 34.4 Å². The number of aryl methyl sites for hydroxylation is 1. The average molecular weight is 813 g/mol. The summed E-state index contributed by atoms with van der Waals surface area (Å²) < 4.78 is 71.3. The summed E-state index contributed by atoms with van der Waals surface area (Å²) >= 11 is 0. The molecule has 4 aromatic heterocycles. The van der Waals surface area contributed by atoms with E-state index in [0.717, 1.165) is 24.5 Å². The molecule has 0 radical (unpaired) electrons. The molecular formula is C39H34F2N8O8S. The molecule has 16 nitrogen and oxygen atoms in total. The second-order valence-corrected chi connectivity index (χ2v) is 15.0. The fourth-order valence-corrected chi connectivity index (χ4v) is 7.51. The first-order valence-electron chi connectivity index (χ1n) is 17.8. The standard InChI is InChI=1S/C39H34F2N8O8S/c1-48-33-21-42-12-9-27(33)37(51)49(39(48)53)34-8-3-22(18-43-34)15-32(38(52)56-2)46-36(50)28-16-30(41)31(17-29(28)40)47-58(54,55)26-6-4-23(5-7-26)25-19-44-35(45-20-25)24-10-13-57-14-11-24/h3-9,12,16-21,24,32,47H,10-11,13-15H2,1-2H3,(H,46,50)/t32-/m0/s1. The third kappa shape index (κ3) is 8.07. The molecule has 1 saturated heterocycles. The lowest BCUT2D eigenvalue weighted by Crippen LogP contribution is -2.43. The summed E-state index contributed by atoms with van der Waals surface area (Å²) in [5, 5.41) is 2.54. The number of carbonyl (C=O) groups is 2. The number of amides is 1. The van der Waals surface area contributed by atoms with Gasteiger partial charge in [0, 0.05) is 69.0 Å². The highest BCUT2D eigenvalue weighted by Crippen LogP contribution is 2.27. The number of hydrogen-bond acceptors (Lipinski definition) is 12. The van der Waals surface area contributed by atoms with Crippen LogP contribution in [0.15, 0.2) is 100 Å². The first-order chi connectivity index (χ1) is 27.8. The number of fused-ring (bicyclic) bond motifs is 1.